The number of rotatable bonds is 2. The Morgan fingerprint density at radius 2 is 2.13 bits per heavy atom. The van der Waals surface area contributed by atoms with Crippen molar-refractivity contribution in [2.75, 3.05) is 0 Å². The lowest BCUT2D eigenvalue weighted by Gasteiger charge is -2.05. The summed E-state index contributed by atoms with van der Waals surface area (Å²) in [6.45, 7) is 4.07. The normalized spacial score (nSPS) is 22.5. The van der Waals surface area contributed by atoms with E-state index in [1.807, 2.05) is 13.8 Å². The molecule has 0 bridgehead atoms. The van der Waals surface area contributed by atoms with E-state index in [1.54, 1.807) is 18.2 Å². The molecule has 2 rings (SSSR count). The van der Waals surface area contributed by atoms with Crippen molar-refractivity contribution >= 4 is 21.7 Å². The predicted molar refractivity (Wildman–Crippen MR) is 60.3 cm³/mol. The third-order valence-electron chi connectivity index (χ3n) is 3.05. The Kier molecular flexibility index (Phi) is 2.45. The highest BCUT2D eigenvalue weighted by Crippen LogP contribution is 2.53. The second kappa shape index (κ2) is 3.41. The highest BCUT2D eigenvalue weighted by atomic mass is 79.9. The van der Waals surface area contributed by atoms with Crippen molar-refractivity contribution in [3.8, 4) is 0 Å². The summed E-state index contributed by atoms with van der Waals surface area (Å²) >= 11 is 3.09. The molecule has 1 saturated carbocycles. The SMILES string of the molecule is CC1(C)CC1C(=O)c1cccc(Br)c1F. The fourth-order valence-electron chi connectivity index (χ4n) is 1.80. The van der Waals surface area contributed by atoms with E-state index in [0.717, 1.165) is 6.42 Å². The van der Waals surface area contributed by atoms with Gasteiger partial charge in [-0.2, -0.15) is 0 Å². The van der Waals surface area contributed by atoms with Gasteiger partial charge < -0.3 is 0 Å². The van der Waals surface area contributed by atoms with Crippen LogP contribution in [0.2, 0.25) is 0 Å². The molecule has 1 fully saturated rings. The van der Waals surface area contributed by atoms with Gasteiger partial charge in [0, 0.05) is 5.92 Å². The molecule has 0 heterocycles. The fourth-order valence-corrected chi connectivity index (χ4v) is 2.16. The van der Waals surface area contributed by atoms with Crippen molar-refractivity contribution in [3.63, 3.8) is 0 Å². The minimum atomic E-state index is -0.440. The van der Waals surface area contributed by atoms with Crippen LogP contribution in [0.15, 0.2) is 22.7 Å². The van der Waals surface area contributed by atoms with Crippen LogP contribution in [0.3, 0.4) is 0 Å². The lowest BCUT2D eigenvalue weighted by Crippen LogP contribution is -2.08. The number of hydrogen-bond donors (Lipinski definition) is 0. The maximum atomic E-state index is 13.6. The number of hydrogen-bond acceptors (Lipinski definition) is 1. The van der Waals surface area contributed by atoms with E-state index in [4.69, 9.17) is 0 Å². The summed E-state index contributed by atoms with van der Waals surface area (Å²) in [5.41, 5.74) is 0.256. The molecule has 1 unspecified atom stereocenters. The molecular formula is C12H12BrFO. The minimum Gasteiger partial charge on any atom is -0.294 e. The third-order valence-corrected chi connectivity index (χ3v) is 3.66. The third kappa shape index (κ3) is 1.85. The first-order valence-corrected chi connectivity index (χ1v) is 5.71. The van der Waals surface area contributed by atoms with Crippen LogP contribution in [0.4, 0.5) is 4.39 Å². The Morgan fingerprint density at radius 1 is 1.53 bits per heavy atom. The second-order valence-electron chi connectivity index (χ2n) is 4.71. The van der Waals surface area contributed by atoms with Crippen LogP contribution in [-0.4, -0.2) is 5.78 Å². The first-order chi connectivity index (χ1) is 6.93. The molecule has 1 aromatic carbocycles. The Balaban J connectivity index is 2.31. The van der Waals surface area contributed by atoms with Crippen LogP contribution in [0.1, 0.15) is 30.6 Å². The fraction of sp³-hybridized carbons (Fsp3) is 0.417. The first-order valence-electron chi connectivity index (χ1n) is 4.92. The number of carbonyl (C=O) groups excluding carboxylic acids is 1. The highest BCUT2D eigenvalue weighted by Gasteiger charge is 2.50. The average molecular weight is 271 g/mol. The summed E-state index contributed by atoms with van der Waals surface area (Å²) in [5.74, 6) is -0.523. The summed E-state index contributed by atoms with van der Waals surface area (Å²) < 4.78 is 14.0. The van der Waals surface area contributed by atoms with Crippen molar-refractivity contribution in [2.24, 2.45) is 11.3 Å². The molecule has 0 amide bonds. The van der Waals surface area contributed by atoms with Gasteiger partial charge in [-0.1, -0.05) is 19.9 Å². The van der Waals surface area contributed by atoms with E-state index in [2.05, 4.69) is 15.9 Å². The molecule has 0 radical (unpaired) electrons. The number of ketones is 1. The molecule has 0 saturated heterocycles. The highest BCUT2D eigenvalue weighted by molar-refractivity contribution is 9.10. The topological polar surface area (TPSA) is 17.1 Å². The van der Waals surface area contributed by atoms with Crippen LogP contribution in [0.5, 0.6) is 0 Å². The molecule has 0 aliphatic heterocycles. The van der Waals surface area contributed by atoms with E-state index in [0.29, 0.717) is 4.47 Å². The quantitative estimate of drug-likeness (QED) is 0.747. The minimum absolute atomic E-state index is 0.0127. The summed E-state index contributed by atoms with van der Waals surface area (Å²) in [4.78, 5) is 11.9. The Hall–Kier alpha value is -0.700. The van der Waals surface area contributed by atoms with Gasteiger partial charge in [0.2, 0.25) is 0 Å². The van der Waals surface area contributed by atoms with Gasteiger partial charge in [0.15, 0.2) is 5.78 Å². The smallest absolute Gasteiger partial charge is 0.169 e. The molecule has 15 heavy (non-hydrogen) atoms. The summed E-state index contributed by atoms with van der Waals surface area (Å²) in [6, 6.07) is 4.84. The van der Waals surface area contributed by atoms with Crippen LogP contribution < -0.4 is 0 Å². The molecule has 1 aliphatic carbocycles. The molecule has 0 spiro atoms. The molecule has 0 aromatic heterocycles. The van der Waals surface area contributed by atoms with Gasteiger partial charge in [0.1, 0.15) is 5.82 Å². The van der Waals surface area contributed by atoms with Crippen molar-refractivity contribution in [1.82, 2.24) is 0 Å². The standard InChI is InChI=1S/C12H12BrFO/c1-12(2)6-8(12)11(15)7-4-3-5-9(13)10(7)14/h3-5,8H,6H2,1-2H3. The van der Waals surface area contributed by atoms with Gasteiger partial charge in [-0.15, -0.1) is 0 Å². The van der Waals surface area contributed by atoms with Crippen LogP contribution in [0.25, 0.3) is 0 Å². The first kappa shape index (κ1) is 10.8. The molecule has 1 aliphatic rings. The molecule has 3 heteroatoms. The number of benzene rings is 1. The number of Topliss-reactive ketones (excluding diaryl/α,β-unsaturated/α-hetero) is 1. The van der Waals surface area contributed by atoms with Crippen LogP contribution in [0, 0.1) is 17.2 Å². The van der Waals surface area contributed by atoms with Crippen LogP contribution in [-0.2, 0) is 0 Å². The van der Waals surface area contributed by atoms with E-state index in [9.17, 15) is 9.18 Å². The van der Waals surface area contributed by atoms with Gasteiger partial charge in [0.05, 0.1) is 10.0 Å². The van der Waals surface area contributed by atoms with Gasteiger partial charge in [0.25, 0.3) is 0 Å². The van der Waals surface area contributed by atoms with Crippen LogP contribution >= 0.6 is 15.9 Å². The zero-order valence-corrected chi connectivity index (χ0v) is 10.3. The summed E-state index contributed by atoms with van der Waals surface area (Å²) in [7, 11) is 0. The van der Waals surface area contributed by atoms with Crippen molar-refractivity contribution < 1.29 is 9.18 Å². The van der Waals surface area contributed by atoms with E-state index in [1.165, 1.54) is 0 Å². The van der Waals surface area contributed by atoms with E-state index < -0.39 is 5.82 Å². The molecule has 1 nitrogen and oxygen atoms in total. The zero-order chi connectivity index (χ0) is 11.2. The largest absolute Gasteiger partial charge is 0.294 e. The summed E-state index contributed by atoms with van der Waals surface area (Å²) in [6.07, 6.45) is 0.859. The lowest BCUT2D eigenvalue weighted by molar-refractivity contribution is 0.0949. The molecule has 80 valence electrons. The second-order valence-corrected chi connectivity index (χ2v) is 5.57. The predicted octanol–water partition coefficient (Wildman–Crippen LogP) is 3.82. The molecule has 0 N–H and O–H groups in total. The van der Waals surface area contributed by atoms with Crippen molar-refractivity contribution in [3.05, 3.63) is 34.1 Å². The van der Waals surface area contributed by atoms with Gasteiger partial charge in [-0.25, -0.2) is 4.39 Å². The molecule has 1 aromatic rings. The molecular weight excluding hydrogens is 259 g/mol. The Bertz CT molecular complexity index is 426. The lowest BCUT2D eigenvalue weighted by atomic mass is 10.0. The average Bonchev–Trinajstić information content (AvgIpc) is 2.79. The zero-order valence-electron chi connectivity index (χ0n) is 8.68. The van der Waals surface area contributed by atoms with Crippen molar-refractivity contribution in [2.45, 2.75) is 20.3 Å². The van der Waals surface area contributed by atoms with Gasteiger partial charge >= 0.3 is 0 Å². The van der Waals surface area contributed by atoms with Gasteiger partial charge in [-0.05, 0) is 39.9 Å². The Morgan fingerprint density at radius 3 is 2.67 bits per heavy atom. The maximum absolute atomic E-state index is 13.6. The number of halogens is 2. The van der Waals surface area contributed by atoms with Crippen molar-refractivity contribution in [1.29, 1.82) is 0 Å². The van der Waals surface area contributed by atoms with Gasteiger partial charge in [-0.3, -0.25) is 4.79 Å². The Labute approximate surface area is 96.8 Å². The van der Waals surface area contributed by atoms with E-state index >= 15 is 0 Å². The summed E-state index contributed by atoms with van der Waals surface area (Å²) in [5, 5.41) is 0. The van der Waals surface area contributed by atoms with E-state index in [-0.39, 0.29) is 22.7 Å². The monoisotopic (exact) mass is 270 g/mol. The molecule has 1 atom stereocenters. The number of carbonyl (C=O) groups is 1. The maximum Gasteiger partial charge on any atom is 0.169 e.